The van der Waals surface area contributed by atoms with Crippen LogP contribution in [-0.4, -0.2) is 30.1 Å². The topological polar surface area (TPSA) is 78.4 Å². The van der Waals surface area contributed by atoms with Crippen molar-refractivity contribution in [3.05, 3.63) is 29.3 Å². The number of rotatable bonds is 4. The molecule has 2 amide bonds. The lowest BCUT2D eigenvalue weighted by Crippen LogP contribution is -2.36. The largest absolute Gasteiger partial charge is 0.416 e. The summed E-state index contributed by atoms with van der Waals surface area (Å²) in [6, 6.07) is 3.32. The molecule has 1 aromatic carbocycles. The number of halogens is 3. The van der Waals surface area contributed by atoms with E-state index in [0.29, 0.717) is 0 Å². The van der Waals surface area contributed by atoms with Crippen LogP contribution in [-0.2, 0) is 15.8 Å². The number of carbonyl (C=O) groups excluding carboxylic acids is 2. The number of aliphatic hydroxyl groups excluding tert-OH is 1. The Morgan fingerprint density at radius 2 is 1.90 bits per heavy atom. The SMILES string of the molecule is Cc1c(NC(=O)C(=O)NCCCO)cccc1C(F)(F)F. The van der Waals surface area contributed by atoms with Crippen LogP contribution in [0.25, 0.3) is 0 Å². The third-order valence-electron chi connectivity index (χ3n) is 2.71. The van der Waals surface area contributed by atoms with Gasteiger partial charge >= 0.3 is 18.0 Å². The van der Waals surface area contributed by atoms with Crippen molar-refractivity contribution in [3.63, 3.8) is 0 Å². The predicted octanol–water partition coefficient (Wildman–Crippen LogP) is 1.45. The molecule has 0 aromatic heterocycles. The number of aliphatic hydroxyl groups is 1. The first kappa shape index (κ1) is 17.0. The molecular formula is C13H15F3N2O3. The second-order valence-electron chi connectivity index (χ2n) is 4.26. The van der Waals surface area contributed by atoms with Gasteiger partial charge in [0.15, 0.2) is 0 Å². The Balaban J connectivity index is 2.80. The molecular weight excluding hydrogens is 289 g/mol. The van der Waals surface area contributed by atoms with Gasteiger partial charge in [0.25, 0.3) is 0 Å². The average molecular weight is 304 g/mol. The van der Waals surface area contributed by atoms with Crippen LogP contribution in [0.4, 0.5) is 18.9 Å². The maximum Gasteiger partial charge on any atom is 0.416 e. The lowest BCUT2D eigenvalue weighted by molar-refractivity contribution is -0.138. The monoisotopic (exact) mass is 304 g/mol. The summed E-state index contributed by atoms with van der Waals surface area (Å²) in [7, 11) is 0. The zero-order valence-corrected chi connectivity index (χ0v) is 11.3. The zero-order valence-electron chi connectivity index (χ0n) is 11.3. The minimum Gasteiger partial charge on any atom is -0.396 e. The molecule has 0 spiro atoms. The van der Waals surface area contributed by atoms with Gasteiger partial charge in [0, 0.05) is 18.8 Å². The summed E-state index contributed by atoms with van der Waals surface area (Å²) >= 11 is 0. The predicted molar refractivity (Wildman–Crippen MR) is 69.5 cm³/mol. The Labute approximate surface area is 119 Å². The number of benzene rings is 1. The fraction of sp³-hybridized carbons (Fsp3) is 0.385. The second kappa shape index (κ2) is 7.07. The van der Waals surface area contributed by atoms with Crippen molar-refractivity contribution in [2.24, 2.45) is 0 Å². The third kappa shape index (κ3) is 4.75. The van der Waals surface area contributed by atoms with Crippen LogP contribution >= 0.6 is 0 Å². The molecule has 5 nitrogen and oxygen atoms in total. The summed E-state index contributed by atoms with van der Waals surface area (Å²) in [5.41, 5.74) is -1.12. The van der Waals surface area contributed by atoms with Crippen LogP contribution in [0.2, 0.25) is 0 Å². The van der Waals surface area contributed by atoms with Crippen LogP contribution in [0.3, 0.4) is 0 Å². The quantitative estimate of drug-likeness (QED) is 0.582. The smallest absolute Gasteiger partial charge is 0.396 e. The van der Waals surface area contributed by atoms with Crippen LogP contribution in [0.5, 0.6) is 0 Å². The van der Waals surface area contributed by atoms with Crippen molar-refractivity contribution in [2.45, 2.75) is 19.5 Å². The van der Waals surface area contributed by atoms with E-state index in [1.807, 2.05) is 0 Å². The minimum absolute atomic E-state index is 0.0767. The first-order valence-electron chi connectivity index (χ1n) is 6.14. The van der Waals surface area contributed by atoms with E-state index < -0.39 is 23.6 Å². The van der Waals surface area contributed by atoms with Crippen molar-refractivity contribution in [1.82, 2.24) is 5.32 Å². The lowest BCUT2D eigenvalue weighted by Gasteiger charge is -2.14. The molecule has 0 aliphatic carbocycles. The molecule has 0 saturated heterocycles. The lowest BCUT2D eigenvalue weighted by atomic mass is 10.1. The molecule has 0 aliphatic rings. The van der Waals surface area contributed by atoms with Gasteiger partial charge in [0.1, 0.15) is 0 Å². The van der Waals surface area contributed by atoms with Crippen molar-refractivity contribution >= 4 is 17.5 Å². The maximum absolute atomic E-state index is 12.7. The van der Waals surface area contributed by atoms with Crippen LogP contribution < -0.4 is 10.6 Å². The Morgan fingerprint density at radius 3 is 2.48 bits per heavy atom. The van der Waals surface area contributed by atoms with E-state index in [4.69, 9.17) is 5.11 Å². The highest BCUT2D eigenvalue weighted by atomic mass is 19.4. The molecule has 0 radical (unpaired) electrons. The van der Waals surface area contributed by atoms with Crippen LogP contribution in [0.1, 0.15) is 17.5 Å². The summed E-state index contributed by atoms with van der Waals surface area (Å²) in [4.78, 5) is 22.9. The number of alkyl halides is 3. The number of amides is 2. The number of carbonyl (C=O) groups is 2. The summed E-state index contributed by atoms with van der Waals surface area (Å²) in [6.07, 6.45) is -4.25. The highest BCUT2D eigenvalue weighted by Gasteiger charge is 2.33. The second-order valence-corrected chi connectivity index (χ2v) is 4.26. The van der Waals surface area contributed by atoms with Gasteiger partial charge in [-0.25, -0.2) is 0 Å². The first-order chi connectivity index (χ1) is 9.77. The van der Waals surface area contributed by atoms with E-state index in [-0.39, 0.29) is 30.8 Å². The van der Waals surface area contributed by atoms with E-state index in [9.17, 15) is 22.8 Å². The highest BCUT2D eigenvalue weighted by Crippen LogP contribution is 2.34. The van der Waals surface area contributed by atoms with Gasteiger partial charge in [-0.05, 0) is 31.0 Å². The van der Waals surface area contributed by atoms with Gasteiger partial charge in [-0.1, -0.05) is 6.07 Å². The molecule has 0 unspecified atom stereocenters. The summed E-state index contributed by atoms with van der Waals surface area (Å²) in [5, 5.41) is 12.9. The number of hydrogen-bond donors (Lipinski definition) is 3. The van der Waals surface area contributed by atoms with E-state index in [1.165, 1.54) is 13.0 Å². The molecule has 0 fully saturated rings. The molecule has 116 valence electrons. The first-order valence-corrected chi connectivity index (χ1v) is 6.14. The van der Waals surface area contributed by atoms with Gasteiger partial charge in [0.2, 0.25) is 0 Å². The van der Waals surface area contributed by atoms with E-state index in [1.54, 1.807) is 0 Å². The average Bonchev–Trinajstić information content (AvgIpc) is 2.39. The van der Waals surface area contributed by atoms with Crippen molar-refractivity contribution < 1.29 is 27.9 Å². The molecule has 8 heteroatoms. The van der Waals surface area contributed by atoms with Gasteiger partial charge in [-0.15, -0.1) is 0 Å². The molecule has 3 N–H and O–H groups in total. The normalized spacial score (nSPS) is 11.1. The highest BCUT2D eigenvalue weighted by molar-refractivity contribution is 6.39. The third-order valence-corrected chi connectivity index (χ3v) is 2.71. The summed E-state index contributed by atoms with van der Waals surface area (Å²) in [6.45, 7) is 1.17. The van der Waals surface area contributed by atoms with E-state index >= 15 is 0 Å². The number of nitrogens with one attached hydrogen (secondary N) is 2. The van der Waals surface area contributed by atoms with Gasteiger partial charge in [-0.2, -0.15) is 13.2 Å². The Bertz CT molecular complexity index is 530. The maximum atomic E-state index is 12.7. The number of anilines is 1. The number of hydrogen-bond acceptors (Lipinski definition) is 3. The fourth-order valence-corrected chi connectivity index (χ4v) is 1.62. The molecule has 0 bridgehead atoms. The Morgan fingerprint density at radius 1 is 1.24 bits per heavy atom. The van der Waals surface area contributed by atoms with Gasteiger partial charge in [-0.3, -0.25) is 9.59 Å². The Hall–Kier alpha value is -2.09. The van der Waals surface area contributed by atoms with Crippen LogP contribution in [0, 0.1) is 6.92 Å². The molecule has 0 atom stereocenters. The molecule has 0 heterocycles. The molecule has 1 aromatic rings. The van der Waals surface area contributed by atoms with Crippen molar-refractivity contribution in [3.8, 4) is 0 Å². The molecule has 1 rings (SSSR count). The van der Waals surface area contributed by atoms with Crippen molar-refractivity contribution in [2.75, 3.05) is 18.5 Å². The fourth-order valence-electron chi connectivity index (χ4n) is 1.62. The minimum atomic E-state index is -4.53. The van der Waals surface area contributed by atoms with E-state index in [0.717, 1.165) is 12.1 Å². The van der Waals surface area contributed by atoms with Gasteiger partial charge < -0.3 is 15.7 Å². The molecule has 0 saturated carbocycles. The van der Waals surface area contributed by atoms with Gasteiger partial charge in [0.05, 0.1) is 5.56 Å². The van der Waals surface area contributed by atoms with Crippen molar-refractivity contribution in [1.29, 1.82) is 0 Å². The molecule has 21 heavy (non-hydrogen) atoms. The zero-order chi connectivity index (χ0) is 16.0. The Kier molecular flexibility index (Phi) is 5.71. The van der Waals surface area contributed by atoms with Crippen LogP contribution in [0.15, 0.2) is 18.2 Å². The standard InChI is InChI=1S/C13H15F3N2O3/c1-8-9(13(14,15)16)4-2-5-10(8)18-12(21)11(20)17-6-3-7-19/h2,4-5,19H,3,6-7H2,1H3,(H,17,20)(H,18,21). The summed E-state index contributed by atoms with van der Waals surface area (Å²) in [5.74, 6) is -2.03. The van der Waals surface area contributed by atoms with E-state index in [2.05, 4.69) is 10.6 Å². The molecule has 0 aliphatic heterocycles. The summed E-state index contributed by atoms with van der Waals surface area (Å²) < 4.78 is 38.1.